The molecule has 0 aliphatic heterocycles. The summed E-state index contributed by atoms with van der Waals surface area (Å²) in [5.41, 5.74) is 0.787. The van der Waals surface area contributed by atoms with Crippen LogP contribution in [-0.4, -0.2) is 28.2 Å². The van der Waals surface area contributed by atoms with E-state index in [0.717, 1.165) is 12.1 Å². The van der Waals surface area contributed by atoms with E-state index < -0.39 is 16.6 Å². The number of hydrogen-bond acceptors (Lipinski definition) is 3. The third-order valence-electron chi connectivity index (χ3n) is 5.97. The first-order valence-corrected chi connectivity index (χ1v) is 15.3. The average Bonchev–Trinajstić information content (AvgIpc) is 2.44. The van der Waals surface area contributed by atoms with Gasteiger partial charge in [0.2, 0.25) is 0 Å². The van der Waals surface area contributed by atoms with Crippen molar-refractivity contribution >= 4 is 16.6 Å². The smallest absolute Gasteiger partial charge is 0.192 e. The summed E-state index contributed by atoms with van der Waals surface area (Å²) in [4.78, 5) is 4.29. The molecule has 3 nitrogen and oxygen atoms in total. The fraction of sp³-hybridized carbons (Fsp3) is 0.750. The van der Waals surface area contributed by atoms with E-state index >= 15 is 0 Å². The molecule has 0 radical (unpaired) electrons. The maximum atomic E-state index is 13.3. The molecule has 0 saturated heterocycles. The summed E-state index contributed by atoms with van der Waals surface area (Å²) >= 11 is 0. The third kappa shape index (κ3) is 6.25. The van der Waals surface area contributed by atoms with Gasteiger partial charge in [0.25, 0.3) is 0 Å². The van der Waals surface area contributed by atoms with Crippen molar-refractivity contribution < 1.29 is 13.2 Å². The highest BCUT2D eigenvalue weighted by Crippen LogP contribution is 2.41. The van der Waals surface area contributed by atoms with Gasteiger partial charge < -0.3 is 8.85 Å². The molecule has 1 aromatic rings. The fourth-order valence-corrected chi connectivity index (χ4v) is 4.38. The van der Waals surface area contributed by atoms with Crippen LogP contribution in [0.25, 0.3) is 0 Å². The molecular formula is C20H38FNO2Si2. The lowest BCUT2D eigenvalue weighted by atomic mass is 10.2. The van der Waals surface area contributed by atoms with Gasteiger partial charge in [-0.2, -0.15) is 0 Å². The van der Waals surface area contributed by atoms with E-state index in [0.29, 0.717) is 6.61 Å². The maximum Gasteiger partial charge on any atom is 0.192 e. The first kappa shape index (κ1) is 23.5. The monoisotopic (exact) mass is 399 g/mol. The summed E-state index contributed by atoms with van der Waals surface area (Å²) in [7, 11) is -3.78. The molecule has 1 atom stereocenters. The molecule has 1 rings (SSSR count). The number of rotatable bonds is 7. The van der Waals surface area contributed by atoms with Crippen molar-refractivity contribution in [3.63, 3.8) is 0 Å². The molecule has 1 aromatic heterocycles. The van der Waals surface area contributed by atoms with Crippen LogP contribution in [0.3, 0.4) is 0 Å². The van der Waals surface area contributed by atoms with Crippen LogP contribution in [0.2, 0.25) is 36.3 Å². The van der Waals surface area contributed by atoms with Gasteiger partial charge in [0, 0.05) is 13.0 Å². The summed E-state index contributed by atoms with van der Waals surface area (Å²) < 4.78 is 26.3. The predicted octanol–water partition coefficient (Wildman–Crippen LogP) is 6.70. The first-order chi connectivity index (χ1) is 11.6. The Balaban J connectivity index is 2.94. The minimum absolute atomic E-state index is 0.103. The zero-order valence-corrected chi connectivity index (χ0v) is 20.4. The van der Waals surface area contributed by atoms with Gasteiger partial charge in [-0.05, 0) is 48.4 Å². The molecule has 1 unspecified atom stereocenters. The van der Waals surface area contributed by atoms with Crippen LogP contribution in [0, 0.1) is 5.82 Å². The van der Waals surface area contributed by atoms with Gasteiger partial charge in [0.1, 0.15) is 5.82 Å². The largest absolute Gasteiger partial charge is 0.417 e. The minimum atomic E-state index is -1.97. The lowest BCUT2D eigenvalue weighted by Gasteiger charge is -2.40. The van der Waals surface area contributed by atoms with Gasteiger partial charge in [0.05, 0.1) is 18.0 Å². The Bertz CT molecular complexity index is 575. The second-order valence-corrected chi connectivity index (χ2v) is 19.7. The SMILES string of the molecule is CC(C)(C)[Si](C)(C)OCCC(O[Si](C)(C)C(C)(C)C)c1ccc(F)cn1. The van der Waals surface area contributed by atoms with E-state index in [1.54, 1.807) is 6.07 Å². The normalized spacial score (nSPS) is 15.2. The van der Waals surface area contributed by atoms with Crippen molar-refractivity contribution in [1.82, 2.24) is 4.98 Å². The second-order valence-electron chi connectivity index (χ2n) is 10.2. The summed E-state index contributed by atoms with van der Waals surface area (Å²) in [6, 6.07) is 3.19. The summed E-state index contributed by atoms with van der Waals surface area (Å²) in [6.07, 6.45) is 1.84. The highest BCUT2D eigenvalue weighted by molar-refractivity contribution is 6.74. The summed E-state index contributed by atoms with van der Waals surface area (Å²) in [5, 5.41) is 0.280. The molecule has 0 aliphatic rings. The first-order valence-electron chi connectivity index (χ1n) is 9.50. The number of aromatic nitrogens is 1. The van der Waals surface area contributed by atoms with E-state index in [2.05, 4.69) is 72.7 Å². The van der Waals surface area contributed by atoms with E-state index in [1.807, 2.05) is 0 Å². The van der Waals surface area contributed by atoms with Crippen LogP contribution in [0.1, 0.15) is 59.8 Å². The molecule has 0 aromatic carbocycles. The summed E-state index contributed by atoms with van der Waals surface area (Å²) in [6.45, 7) is 23.0. The van der Waals surface area contributed by atoms with Gasteiger partial charge in [-0.15, -0.1) is 0 Å². The Morgan fingerprint density at radius 2 is 1.50 bits per heavy atom. The molecule has 0 N–H and O–H groups in total. The van der Waals surface area contributed by atoms with Crippen molar-refractivity contribution in [1.29, 1.82) is 0 Å². The molecule has 26 heavy (non-hydrogen) atoms. The van der Waals surface area contributed by atoms with Crippen LogP contribution < -0.4 is 0 Å². The van der Waals surface area contributed by atoms with E-state index in [4.69, 9.17) is 8.85 Å². The van der Waals surface area contributed by atoms with Crippen LogP contribution in [0.15, 0.2) is 18.3 Å². The molecule has 6 heteroatoms. The maximum absolute atomic E-state index is 13.3. The standard InChI is InChI=1S/C20H38FNO2Si2/c1-19(2,3)25(7,8)23-14-13-18(17-12-11-16(21)15-22-17)24-26(9,10)20(4,5)6/h11-12,15,18H,13-14H2,1-10H3. The van der Waals surface area contributed by atoms with E-state index in [1.165, 1.54) is 12.3 Å². The van der Waals surface area contributed by atoms with Crippen molar-refractivity contribution in [2.45, 2.75) is 90.3 Å². The zero-order chi connectivity index (χ0) is 20.4. The molecule has 0 amide bonds. The van der Waals surface area contributed by atoms with Gasteiger partial charge >= 0.3 is 0 Å². The van der Waals surface area contributed by atoms with Crippen molar-refractivity contribution in [2.75, 3.05) is 6.61 Å². The van der Waals surface area contributed by atoms with Crippen LogP contribution in [0.4, 0.5) is 4.39 Å². The number of pyridine rings is 1. The van der Waals surface area contributed by atoms with Gasteiger partial charge in [-0.25, -0.2) is 4.39 Å². The van der Waals surface area contributed by atoms with Gasteiger partial charge in [-0.1, -0.05) is 41.5 Å². The fourth-order valence-electron chi connectivity index (χ4n) is 2.01. The topological polar surface area (TPSA) is 31.4 Å². The Morgan fingerprint density at radius 3 is 1.92 bits per heavy atom. The third-order valence-corrected chi connectivity index (χ3v) is 15.0. The van der Waals surface area contributed by atoms with Gasteiger partial charge in [-0.3, -0.25) is 4.98 Å². The van der Waals surface area contributed by atoms with Crippen LogP contribution >= 0.6 is 0 Å². The molecule has 0 spiro atoms. The van der Waals surface area contributed by atoms with Crippen molar-refractivity contribution in [3.05, 3.63) is 29.8 Å². The molecular weight excluding hydrogens is 361 g/mol. The molecule has 0 bridgehead atoms. The summed E-state index contributed by atoms with van der Waals surface area (Å²) in [5.74, 6) is -0.322. The highest BCUT2D eigenvalue weighted by Gasteiger charge is 2.40. The molecule has 0 aliphatic carbocycles. The highest BCUT2D eigenvalue weighted by atomic mass is 28.4. The Morgan fingerprint density at radius 1 is 0.962 bits per heavy atom. The number of halogens is 1. The molecule has 150 valence electrons. The quantitative estimate of drug-likeness (QED) is 0.478. The predicted molar refractivity (Wildman–Crippen MR) is 113 cm³/mol. The van der Waals surface area contributed by atoms with E-state index in [-0.39, 0.29) is 22.0 Å². The second kappa shape index (κ2) is 8.21. The van der Waals surface area contributed by atoms with Gasteiger partial charge in [0.15, 0.2) is 16.6 Å². The molecule has 0 fully saturated rings. The Labute approximate surface area is 162 Å². The molecule has 1 heterocycles. The number of hydrogen-bond donors (Lipinski definition) is 0. The average molecular weight is 400 g/mol. The Kier molecular flexibility index (Phi) is 7.41. The number of nitrogens with zero attached hydrogens (tertiary/aromatic N) is 1. The van der Waals surface area contributed by atoms with Crippen LogP contribution in [-0.2, 0) is 8.85 Å². The van der Waals surface area contributed by atoms with Crippen molar-refractivity contribution in [3.8, 4) is 0 Å². The van der Waals surface area contributed by atoms with E-state index in [9.17, 15) is 4.39 Å². The Hall–Kier alpha value is -0.566. The minimum Gasteiger partial charge on any atom is -0.417 e. The molecule has 0 saturated carbocycles. The van der Waals surface area contributed by atoms with Crippen molar-refractivity contribution in [2.24, 2.45) is 0 Å². The zero-order valence-electron chi connectivity index (χ0n) is 18.4. The lowest BCUT2D eigenvalue weighted by Crippen LogP contribution is -2.43. The van der Waals surface area contributed by atoms with Crippen LogP contribution in [0.5, 0.6) is 0 Å². The lowest BCUT2D eigenvalue weighted by molar-refractivity contribution is 0.139.